The molecule has 0 bridgehead atoms. The number of nitrogens with zero attached hydrogens (tertiary/aromatic N) is 2. The quantitative estimate of drug-likeness (QED) is 0.599. The van der Waals surface area contributed by atoms with Gasteiger partial charge in [-0.3, -0.25) is 0 Å². The van der Waals surface area contributed by atoms with Crippen molar-refractivity contribution in [2.75, 3.05) is 0 Å². The summed E-state index contributed by atoms with van der Waals surface area (Å²) in [6, 6.07) is 0. The molecule has 0 unspecified atom stereocenters. The summed E-state index contributed by atoms with van der Waals surface area (Å²) in [7, 11) is 0. The van der Waals surface area contributed by atoms with Crippen LogP contribution in [0.5, 0.6) is 0 Å². The molecule has 0 aromatic carbocycles. The second-order valence-corrected chi connectivity index (χ2v) is 8.39. The maximum absolute atomic E-state index is 2.52. The van der Waals surface area contributed by atoms with Crippen LogP contribution in [0.3, 0.4) is 0 Å². The molecule has 2 nitrogen and oxygen atoms in total. The molecule has 1 aliphatic heterocycles. The van der Waals surface area contributed by atoms with Crippen LogP contribution in [0.1, 0.15) is 41.5 Å². The van der Waals surface area contributed by atoms with Gasteiger partial charge in [0, 0.05) is 0 Å². The van der Waals surface area contributed by atoms with Crippen molar-refractivity contribution >= 4 is 16.2 Å². The van der Waals surface area contributed by atoms with Crippen LogP contribution in [0.2, 0.25) is 0 Å². The normalized spacial score (nSPS) is 18.6. The fraction of sp³-hybridized carbons (Fsp3) is 0.800. The van der Waals surface area contributed by atoms with Gasteiger partial charge in [0.05, 0.1) is 0 Å². The second kappa shape index (κ2) is 3.24. The topological polar surface area (TPSA) is 6.48 Å². The van der Waals surface area contributed by atoms with Crippen LogP contribution < -0.4 is 0 Å². The zero-order valence-electron chi connectivity index (χ0n) is 9.63. The Kier molecular flexibility index (Phi) is 2.73. The fourth-order valence-electron chi connectivity index (χ4n) is 1.15. The van der Waals surface area contributed by atoms with Gasteiger partial charge in [-0.05, 0) is 0 Å². The van der Waals surface area contributed by atoms with E-state index in [9.17, 15) is 0 Å². The summed E-state index contributed by atoms with van der Waals surface area (Å²) in [5, 5.41) is 0. The van der Waals surface area contributed by atoms with Gasteiger partial charge in [0.25, 0.3) is 0 Å². The third-order valence-electron chi connectivity index (χ3n) is 2.19. The Morgan fingerprint density at radius 2 is 1.08 bits per heavy atom. The average Bonchev–Trinajstić information content (AvgIpc) is 2.28. The van der Waals surface area contributed by atoms with Gasteiger partial charge < -0.3 is 0 Å². The van der Waals surface area contributed by atoms with Crippen molar-refractivity contribution in [3.05, 3.63) is 12.4 Å². The van der Waals surface area contributed by atoms with Crippen LogP contribution in [-0.4, -0.2) is 34.9 Å². The Hall–Kier alpha value is -0.102. The van der Waals surface area contributed by atoms with E-state index in [0.29, 0.717) is 11.1 Å². The first-order valence-corrected chi connectivity index (χ1v) is 6.98. The first-order valence-electron chi connectivity index (χ1n) is 4.81. The zero-order valence-corrected chi connectivity index (χ0v) is 12.0. The van der Waals surface area contributed by atoms with Crippen LogP contribution in [0.4, 0.5) is 0 Å². The third kappa shape index (κ3) is 2.67. The van der Waals surface area contributed by atoms with Gasteiger partial charge in [-0.1, -0.05) is 0 Å². The van der Waals surface area contributed by atoms with Gasteiger partial charge in [0.15, 0.2) is 0 Å². The summed E-state index contributed by atoms with van der Waals surface area (Å²) in [4.78, 5) is 0. The summed E-state index contributed by atoms with van der Waals surface area (Å²) in [6.45, 7) is 13.7. The van der Waals surface area contributed by atoms with Gasteiger partial charge in [0.2, 0.25) is 0 Å². The van der Waals surface area contributed by atoms with Crippen molar-refractivity contribution in [3.8, 4) is 0 Å². The molecule has 0 saturated heterocycles. The van der Waals surface area contributed by atoms with E-state index >= 15 is 0 Å². The van der Waals surface area contributed by atoms with E-state index in [1.807, 2.05) is 0 Å². The van der Waals surface area contributed by atoms with Crippen LogP contribution in [-0.2, 0) is 0 Å². The molecule has 13 heavy (non-hydrogen) atoms. The number of rotatable bonds is 0. The first kappa shape index (κ1) is 11.0. The van der Waals surface area contributed by atoms with Crippen LogP contribution in [0.25, 0.3) is 0 Å². The van der Waals surface area contributed by atoms with Gasteiger partial charge in [0.1, 0.15) is 0 Å². The zero-order chi connectivity index (χ0) is 10.3. The average molecular weight is 245 g/mol. The molecule has 3 heteroatoms. The number of hydrogen-bond donors (Lipinski definition) is 0. The minimum atomic E-state index is -0.443. The van der Waals surface area contributed by atoms with Gasteiger partial charge >= 0.3 is 88.9 Å². The fourth-order valence-corrected chi connectivity index (χ4v) is 3.81. The maximum atomic E-state index is 2.52. The van der Waals surface area contributed by atoms with Crippen molar-refractivity contribution in [2.45, 2.75) is 52.6 Å². The third-order valence-corrected chi connectivity index (χ3v) is 7.20. The molecule has 76 valence electrons. The van der Waals surface area contributed by atoms with E-state index in [-0.39, 0.29) is 0 Å². The molecule has 0 amide bonds. The second-order valence-electron chi connectivity index (χ2n) is 5.57. The van der Waals surface area contributed by atoms with Crippen LogP contribution in [0, 0.1) is 0 Å². The minimum absolute atomic E-state index is 0.302. The van der Waals surface area contributed by atoms with E-state index in [0.717, 1.165) is 0 Å². The van der Waals surface area contributed by atoms with E-state index in [1.165, 1.54) is 0 Å². The molecule has 1 rings (SSSR count). The molecule has 0 atom stereocenters. The first-order chi connectivity index (χ1) is 5.71. The number of hydrogen-bond acceptors (Lipinski definition) is 2. The monoisotopic (exact) mass is 245 g/mol. The predicted molar refractivity (Wildman–Crippen MR) is 60.9 cm³/mol. The summed E-state index contributed by atoms with van der Waals surface area (Å²) >= 11 is -0.443. The SMILES string of the molecule is CC(C)(C)N1C=CN(C(C)(C)C)[AsH2+]1. The van der Waals surface area contributed by atoms with Gasteiger partial charge in [-0.25, -0.2) is 0 Å². The molecule has 0 radical (unpaired) electrons. The molecule has 0 N–H and O–H groups in total. The Morgan fingerprint density at radius 3 is 1.23 bits per heavy atom. The Bertz CT molecular complexity index is 188. The van der Waals surface area contributed by atoms with Crippen molar-refractivity contribution in [3.63, 3.8) is 0 Å². The van der Waals surface area contributed by atoms with Gasteiger partial charge in [-0.15, -0.1) is 0 Å². The van der Waals surface area contributed by atoms with Crippen molar-refractivity contribution < 1.29 is 0 Å². The van der Waals surface area contributed by atoms with Crippen molar-refractivity contribution in [1.29, 1.82) is 0 Å². The molecule has 1 heterocycles. The molecule has 0 aromatic heterocycles. The van der Waals surface area contributed by atoms with Crippen LogP contribution in [0.15, 0.2) is 12.4 Å². The molecular weight excluding hydrogens is 223 g/mol. The van der Waals surface area contributed by atoms with Gasteiger partial charge in [-0.2, -0.15) is 0 Å². The molecule has 0 aliphatic carbocycles. The molecule has 0 aromatic rings. The van der Waals surface area contributed by atoms with Crippen LogP contribution >= 0.6 is 0 Å². The van der Waals surface area contributed by atoms with E-state index in [1.54, 1.807) is 0 Å². The Labute approximate surface area is 89.1 Å². The van der Waals surface area contributed by atoms with E-state index < -0.39 is 16.2 Å². The summed E-state index contributed by atoms with van der Waals surface area (Å²) < 4.78 is 5.03. The summed E-state index contributed by atoms with van der Waals surface area (Å²) in [5.41, 5.74) is 0.604. The molecular formula is C10H22AsN2+. The molecule has 1 aliphatic rings. The molecule has 0 spiro atoms. The Balaban J connectivity index is 2.63. The Morgan fingerprint density at radius 1 is 0.769 bits per heavy atom. The molecule has 0 saturated carbocycles. The van der Waals surface area contributed by atoms with Crippen molar-refractivity contribution in [2.24, 2.45) is 0 Å². The van der Waals surface area contributed by atoms with E-state index in [4.69, 9.17) is 0 Å². The summed E-state index contributed by atoms with van der Waals surface area (Å²) in [5.74, 6) is 0. The standard InChI is InChI=1S/C10H22AsN2/c1-9(2,3)12-7-8-13(11-12)10(4,5)6/h7-8H,11H2,1-6H3/q+1. The molecule has 0 fully saturated rings. The summed E-state index contributed by atoms with van der Waals surface area (Å²) in [6.07, 6.45) is 4.51. The van der Waals surface area contributed by atoms with Crippen molar-refractivity contribution in [1.82, 2.24) is 7.63 Å². The van der Waals surface area contributed by atoms with E-state index in [2.05, 4.69) is 61.6 Å². The predicted octanol–water partition coefficient (Wildman–Crippen LogP) is 1.67.